The number of halogens is 1. The number of aromatic nitrogens is 1. The zero-order valence-corrected chi connectivity index (χ0v) is 14.1. The van der Waals surface area contributed by atoms with Gasteiger partial charge in [-0.25, -0.2) is 9.37 Å². The largest absolute Gasteiger partial charge is 0.489 e. The van der Waals surface area contributed by atoms with Crippen LogP contribution in [-0.4, -0.2) is 42.0 Å². The van der Waals surface area contributed by atoms with Crippen LogP contribution in [0, 0.1) is 0 Å². The Morgan fingerprint density at radius 2 is 2.04 bits per heavy atom. The molecule has 0 spiro atoms. The van der Waals surface area contributed by atoms with E-state index in [0.29, 0.717) is 23.3 Å². The summed E-state index contributed by atoms with van der Waals surface area (Å²) in [5.41, 5.74) is 7.00. The highest BCUT2D eigenvalue weighted by Crippen LogP contribution is 2.21. The third-order valence-corrected chi connectivity index (χ3v) is 4.36. The quantitative estimate of drug-likeness (QED) is 0.906. The number of carbonyl (C=O) groups is 1. The van der Waals surface area contributed by atoms with Crippen LogP contribution in [0.3, 0.4) is 0 Å². The van der Waals surface area contributed by atoms with Gasteiger partial charge in [-0.2, -0.15) is 0 Å². The van der Waals surface area contributed by atoms with Crippen molar-refractivity contribution in [2.45, 2.75) is 19.3 Å². The zero-order valence-electron chi connectivity index (χ0n) is 14.1. The van der Waals surface area contributed by atoms with Crippen LogP contribution in [0.2, 0.25) is 0 Å². The Labute approximate surface area is 146 Å². The molecular formula is C19H22FN3O2. The fraction of sp³-hybridized carbons (Fsp3) is 0.368. The maximum absolute atomic E-state index is 12.5. The first-order valence-corrected chi connectivity index (χ1v) is 8.52. The number of nitrogens with zero attached hydrogens (tertiary/aromatic N) is 2. The van der Waals surface area contributed by atoms with Crippen molar-refractivity contribution in [1.29, 1.82) is 0 Å². The van der Waals surface area contributed by atoms with Gasteiger partial charge in [-0.3, -0.25) is 4.79 Å². The molecule has 6 heteroatoms. The van der Waals surface area contributed by atoms with E-state index in [9.17, 15) is 9.18 Å². The number of amides is 1. The summed E-state index contributed by atoms with van der Waals surface area (Å²) >= 11 is 0. The minimum atomic E-state index is -0.0115. The van der Waals surface area contributed by atoms with Crippen molar-refractivity contribution >= 4 is 16.8 Å². The summed E-state index contributed by atoms with van der Waals surface area (Å²) < 4.78 is 18.1. The number of rotatable bonds is 5. The van der Waals surface area contributed by atoms with Crippen LogP contribution < -0.4 is 10.5 Å². The molecule has 0 bridgehead atoms. The highest BCUT2D eigenvalue weighted by molar-refractivity contribution is 5.95. The van der Waals surface area contributed by atoms with Crippen molar-refractivity contribution in [1.82, 2.24) is 9.88 Å². The number of benzene rings is 1. The summed E-state index contributed by atoms with van der Waals surface area (Å²) in [6.45, 7) is 1.83. The average Bonchev–Trinajstić information content (AvgIpc) is 2.68. The second kappa shape index (κ2) is 8.07. The molecule has 1 saturated heterocycles. The Bertz CT molecular complexity index is 785. The van der Waals surface area contributed by atoms with Gasteiger partial charge in [0.05, 0.1) is 11.8 Å². The van der Waals surface area contributed by atoms with Gasteiger partial charge in [-0.1, -0.05) is 6.07 Å². The number of ether oxygens (including phenoxy) is 1. The van der Waals surface area contributed by atoms with Gasteiger partial charge in [0.25, 0.3) is 5.91 Å². The number of likely N-dealkylation sites (tertiary alicyclic amines) is 1. The van der Waals surface area contributed by atoms with E-state index in [1.54, 1.807) is 18.2 Å². The Morgan fingerprint density at radius 3 is 2.76 bits per heavy atom. The molecule has 1 fully saturated rings. The van der Waals surface area contributed by atoms with Gasteiger partial charge in [0.1, 0.15) is 18.1 Å². The van der Waals surface area contributed by atoms with E-state index >= 15 is 0 Å². The lowest BCUT2D eigenvalue weighted by Gasteiger charge is -2.26. The highest BCUT2D eigenvalue weighted by atomic mass is 19.1. The molecule has 0 aliphatic carbocycles. The minimum absolute atomic E-state index is 0.0115. The molecule has 132 valence electrons. The van der Waals surface area contributed by atoms with Gasteiger partial charge in [0.2, 0.25) is 0 Å². The zero-order chi connectivity index (χ0) is 17.6. The van der Waals surface area contributed by atoms with Gasteiger partial charge < -0.3 is 15.4 Å². The SMILES string of the molecule is NC/C(=C\F)COc1ccc2nc(C(=O)N3CCCCC3)ccc2c1. The summed E-state index contributed by atoms with van der Waals surface area (Å²) in [5, 5.41) is 0.867. The number of hydrogen-bond acceptors (Lipinski definition) is 4. The molecule has 1 aliphatic heterocycles. The van der Waals surface area contributed by atoms with Crippen LogP contribution in [0.4, 0.5) is 4.39 Å². The maximum Gasteiger partial charge on any atom is 0.272 e. The van der Waals surface area contributed by atoms with Crippen LogP contribution in [0.5, 0.6) is 5.75 Å². The standard InChI is InChI=1S/C19H22FN3O2/c20-11-14(12-21)13-25-16-5-7-17-15(10-16)4-6-18(22-17)19(24)23-8-2-1-3-9-23/h4-7,10-11H,1-3,8-9,12-13,21H2/b14-11+. The van der Waals surface area contributed by atoms with E-state index in [1.807, 2.05) is 17.0 Å². The third-order valence-electron chi connectivity index (χ3n) is 4.36. The van der Waals surface area contributed by atoms with Crippen molar-refractivity contribution in [3.05, 3.63) is 47.9 Å². The lowest BCUT2D eigenvalue weighted by atomic mass is 10.1. The molecule has 3 rings (SSSR count). The van der Waals surface area contributed by atoms with Gasteiger partial charge in [-0.15, -0.1) is 0 Å². The highest BCUT2D eigenvalue weighted by Gasteiger charge is 2.19. The Balaban J connectivity index is 1.75. The monoisotopic (exact) mass is 343 g/mol. The first kappa shape index (κ1) is 17.4. The van der Waals surface area contributed by atoms with Crippen LogP contribution >= 0.6 is 0 Å². The minimum Gasteiger partial charge on any atom is -0.489 e. The summed E-state index contributed by atoms with van der Waals surface area (Å²) in [5.74, 6) is 0.597. The molecule has 1 aliphatic rings. The molecule has 0 radical (unpaired) electrons. The molecule has 0 atom stereocenters. The molecule has 5 nitrogen and oxygen atoms in total. The average molecular weight is 343 g/mol. The van der Waals surface area contributed by atoms with Crippen LogP contribution in [-0.2, 0) is 0 Å². The van der Waals surface area contributed by atoms with Crippen molar-refractivity contribution in [3.63, 3.8) is 0 Å². The number of piperidine rings is 1. The van der Waals surface area contributed by atoms with E-state index in [4.69, 9.17) is 10.5 Å². The van der Waals surface area contributed by atoms with Crippen molar-refractivity contribution in [2.75, 3.05) is 26.2 Å². The Morgan fingerprint density at radius 1 is 1.24 bits per heavy atom. The normalized spacial score (nSPS) is 15.4. The maximum atomic E-state index is 12.5. The molecule has 1 aromatic carbocycles. The summed E-state index contributed by atoms with van der Waals surface area (Å²) in [7, 11) is 0. The molecule has 25 heavy (non-hydrogen) atoms. The summed E-state index contributed by atoms with van der Waals surface area (Å²) in [4.78, 5) is 18.9. The second-order valence-electron chi connectivity index (χ2n) is 6.16. The molecule has 2 heterocycles. The number of pyridine rings is 1. The van der Waals surface area contributed by atoms with E-state index in [0.717, 1.165) is 36.8 Å². The van der Waals surface area contributed by atoms with Gasteiger partial charge >= 0.3 is 0 Å². The Hall–Kier alpha value is -2.47. The number of fused-ring (bicyclic) bond motifs is 1. The fourth-order valence-corrected chi connectivity index (χ4v) is 2.88. The molecule has 0 unspecified atom stereocenters. The Kier molecular flexibility index (Phi) is 5.60. The molecule has 0 saturated carbocycles. The van der Waals surface area contributed by atoms with Crippen LogP contribution in [0.1, 0.15) is 29.8 Å². The first-order chi connectivity index (χ1) is 12.2. The molecular weight excluding hydrogens is 321 g/mol. The third kappa shape index (κ3) is 4.14. The van der Waals surface area contributed by atoms with Crippen LogP contribution in [0.15, 0.2) is 42.2 Å². The first-order valence-electron chi connectivity index (χ1n) is 8.52. The molecule has 1 aromatic heterocycles. The van der Waals surface area contributed by atoms with E-state index in [-0.39, 0.29) is 19.1 Å². The predicted octanol–water partition coefficient (Wildman–Crippen LogP) is 3.05. The summed E-state index contributed by atoms with van der Waals surface area (Å²) in [6, 6.07) is 9.00. The number of carbonyl (C=O) groups excluding carboxylic acids is 1. The van der Waals surface area contributed by atoms with E-state index in [1.165, 1.54) is 6.42 Å². The fourth-order valence-electron chi connectivity index (χ4n) is 2.88. The van der Waals surface area contributed by atoms with Crippen molar-refractivity contribution in [3.8, 4) is 5.75 Å². The lowest BCUT2D eigenvalue weighted by molar-refractivity contribution is 0.0719. The number of hydrogen-bond donors (Lipinski definition) is 1. The van der Waals surface area contributed by atoms with Crippen molar-refractivity contribution in [2.24, 2.45) is 5.73 Å². The van der Waals surface area contributed by atoms with E-state index in [2.05, 4.69) is 4.98 Å². The molecule has 2 N–H and O–H groups in total. The molecule has 1 amide bonds. The van der Waals surface area contributed by atoms with Gasteiger partial charge in [0, 0.05) is 30.6 Å². The van der Waals surface area contributed by atoms with Gasteiger partial charge in [-0.05, 0) is 43.5 Å². The topological polar surface area (TPSA) is 68.5 Å². The lowest BCUT2D eigenvalue weighted by Crippen LogP contribution is -2.36. The second-order valence-corrected chi connectivity index (χ2v) is 6.16. The van der Waals surface area contributed by atoms with E-state index < -0.39 is 0 Å². The smallest absolute Gasteiger partial charge is 0.272 e. The molecule has 2 aromatic rings. The number of nitrogens with two attached hydrogens (primary N) is 1. The summed E-state index contributed by atoms with van der Waals surface area (Å²) in [6.07, 6.45) is 3.76. The van der Waals surface area contributed by atoms with Gasteiger partial charge in [0.15, 0.2) is 0 Å². The van der Waals surface area contributed by atoms with Crippen LogP contribution in [0.25, 0.3) is 10.9 Å². The van der Waals surface area contributed by atoms with Crippen molar-refractivity contribution < 1.29 is 13.9 Å². The predicted molar refractivity (Wildman–Crippen MR) is 95.2 cm³/mol.